The maximum atomic E-state index is 0. The second-order valence-electron chi connectivity index (χ2n) is 0. The standard InChI is InChI=1S/Ag.Cu.Ni.Pb.Sn.Zn. The fourth-order valence-corrected chi connectivity index (χ4v) is 0. The van der Waals surface area contributed by atoms with E-state index in [9.17, 15) is 0 Å². The van der Waals surface area contributed by atoms with Gasteiger partial charge in [0, 0.05) is 127 Å². The SMILES string of the molecule is [Ag].[Cu].[Ni].[Pb].[Sn].[Zn]. The van der Waals surface area contributed by atoms with Crippen molar-refractivity contribution in [1.82, 2.24) is 0 Å². The number of rotatable bonds is 0. The summed E-state index contributed by atoms with van der Waals surface area (Å²) >= 11 is 0. The van der Waals surface area contributed by atoms with Gasteiger partial charge in [-0.15, -0.1) is 0 Å². The van der Waals surface area contributed by atoms with Gasteiger partial charge in [0.25, 0.3) is 0 Å². The third kappa shape index (κ3) is 24.3. The molecule has 0 saturated heterocycles. The van der Waals surface area contributed by atoms with E-state index in [1.54, 1.807) is 0 Å². The van der Waals surface area contributed by atoms with Gasteiger partial charge in [0.1, 0.15) is 0 Å². The molecule has 6 heavy (non-hydrogen) atoms. The van der Waals surface area contributed by atoms with Gasteiger partial charge >= 0.3 is 0 Å². The zero-order valence-corrected chi connectivity index (χ0v) is 15.7. The van der Waals surface area contributed by atoms with Crippen molar-refractivity contribution in [3.8, 4) is 0 Å². The Morgan fingerprint density at radius 3 is 1.00 bits per heavy atom. The van der Waals surface area contributed by atoms with E-state index in [2.05, 4.69) is 0 Å². The summed E-state index contributed by atoms with van der Waals surface area (Å²) in [6, 6.07) is 0. The molecule has 10 radical (unpaired) electrons. The van der Waals surface area contributed by atoms with Crippen LogP contribution in [0.25, 0.3) is 0 Å². The van der Waals surface area contributed by atoms with E-state index >= 15 is 0 Å². The van der Waals surface area contributed by atoms with E-state index in [1.807, 2.05) is 0 Å². The predicted molar refractivity (Wildman–Crippen MR) is 11.5 cm³/mol. The van der Waals surface area contributed by atoms with Gasteiger partial charge in [-0.3, -0.25) is 0 Å². The van der Waals surface area contributed by atoms with Crippen LogP contribution in [0.4, 0.5) is 0 Å². The van der Waals surface area contributed by atoms with E-state index < -0.39 is 0 Å². The fourth-order valence-electron chi connectivity index (χ4n) is 0. The molecule has 0 aromatic rings. The first-order valence-corrected chi connectivity index (χ1v) is 0. The summed E-state index contributed by atoms with van der Waals surface area (Å²) < 4.78 is 0. The van der Waals surface area contributed by atoms with E-state index in [4.69, 9.17) is 0 Å². The predicted octanol–water partition coefficient (Wildman–Crippen LogP) is -0.772. The molecule has 0 aliphatic heterocycles. The smallest absolute Gasteiger partial charge is 0 e. The first kappa shape index (κ1) is 49.8. The summed E-state index contributed by atoms with van der Waals surface area (Å²) in [7, 11) is 0. The molecule has 0 atom stereocenters. The van der Waals surface area contributed by atoms with E-state index in [1.165, 1.54) is 0 Å². The van der Waals surface area contributed by atoms with E-state index in [-0.39, 0.29) is 127 Å². The summed E-state index contributed by atoms with van der Waals surface area (Å²) in [4.78, 5) is 0. The van der Waals surface area contributed by atoms with Crippen LogP contribution in [0.3, 0.4) is 0 Å². The molecule has 0 rings (SSSR count). The maximum Gasteiger partial charge on any atom is 0 e. The van der Waals surface area contributed by atoms with Crippen molar-refractivity contribution in [2.24, 2.45) is 0 Å². The summed E-state index contributed by atoms with van der Waals surface area (Å²) in [5, 5.41) is 0. The van der Waals surface area contributed by atoms with Crippen LogP contribution in [0.2, 0.25) is 0 Å². The Morgan fingerprint density at radius 2 is 1.00 bits per heavy atom. The van der Waals surface area contributed by atoms with Crippen LogP contribution in [-0.4, -0.2) is 51.2 Å². The topological polar surface area (TPSA) is 0 Å². The minimum absolute atomic E-state index is 0. The summed E-state index contributed by atoms with van der Waals surface area (Å²) in [5.74, 6) is 0. The van der Waals surface area contributed by atoms with Crippen molar-refractivity contribution in [1.29, 1.82) is 0 Å². The molecule has 0 aromatic heterocycles. The van der Waals surface area contributed by atoms with Crippen molar-refractivity contribution in [2.75, 3.05) is 0 Å². The zero-order chi connectivity index (χ0) is 0. The van der Waals surface area contributed by atoms with Gasteiger partial charge in [0.15, 0.2) is 0 Å². The van der Waals surface area contributed by atoms with Gasteiger partial charge < -0.3 is 0 Å². The van der Waals surface area contributed by atoms with E-state index in [0.717, 1.165) is 0 Å². The summed E-state index contributed by atoms with van der Waals surface area (Å²) in [6.07, 6.45) is 0. The molecule has 0 heterocycles. The number of hydrogen-bond donors (Lipinski definition) is 0. The maximum absolute atomic E-state index is 0. The molecule has 0 spiro atoms. The van der Waals surface area contributed by atoms with Crippen molar-refractivity contribution in [2.45, 2.75) is 0 Å². The molecule has 0 nitrogen and oxygen atoms in total. The van der Waals surface area contributed by atoms with Crippen LogP contribution >= 0.6 is 0 Å². The van der Waals surface area contributed by atoms with E-state index in [0.29, 0.717) is 0 Å². The Balaban J connectivity index is 0. The monoisotopic (exact) mass is 620 g/mol. The quantitative estimate of drug-likeness (QED) is 0.312. The van der Waals surface area contributed by atoms with Crippen LogP contribution in [0.5, 0.6) is 0 Å². The van der Waals surface area contributed by atoms with Gasteiger partial charge in [0.2, 0.25) is 0 Å². The third-order valence-electron chi connectivity index (χ3n) is 0. The minimum atomic E-state index is 0. The van der Waals surface area contributed by atoms with Crippen LogP contribution in [0.1, 0.15) is 0 Å². The van der Waals surface area contributed by atoms with Crippen LogP contribution in [0.15, 0.2) is 0 Å². The van der Waals surface area contributed by atoms with Gasteiger partial charge in [-0.1, -0.05) is 0 Å². The largest absolute Gasteiger partial charge is 0 e. The van der Waals surface area contributed by atoms with Gasteiger partial charge in [-0.25, -0.2) is 0 Å². The Labute approximate surface area is 124 Å². The fraction of sp³-hybridized carbons (Fsp3) is 0. The molecule has 0 aliphatic carbocycles. The first-order chi connectivity index (χ1) is 0. The Morgan fingerprint density at radius 1 is 1.00 bits per heavy atom. The molecule has 0 aromatic carbocycles. The summed E-state index contributed by atoms with van der Waals surface area (Å²) in [5.41, 5.74) is 0. The average Bonchev–Trinajstić information content (AvgIpc) is 0. The Bertz CT molecular complexity index is 15.5. The molecular weight excluding hydrogens is 621 g/mol. The second-order valence-corrected chi connectivity index (χ2v) is 0. The molecular formula is AgCuNiPbSnZn. The third-order valence-corrected chi connectivity index (χ3v) is 0. The molecule has 0 aliphatic rings. The zero-order valence-electron chi connectivity index (χ0n) is 2.63. The molecule has 6 heteroatoms. The average molecular weight is 621 g/mol. The molecule has 0 bridgehead atoms. The van der Waals surface area contributed by atoms with Crippen molar-refractivity contribution < 1.29 is 75.4 Å². The van der Waals surface area contributed by atoms with Crippen molar-refractivity contribution >= 4 is 51.2 Å². The normalized spacial score (nSPS) is 0. The molecule has 0 N–H and O–H groups in total. The molecule has 0 amide bonds. The Kier molecular flexibility index (Phi) is 295. The Hall–Kier alpha value is 4.10. The van der Waals surface area contributed by atoms with Crippen molar-refractivity contribution in [3.05, 3.63) is 0 Å². The minimum Gasteiger partial charge on any atom is 0 e. The number of hydrogen-bond acceptors (Lipinski definition) is 0. The molecule has 0 saturated carbocycles. The van der Waals surface area contributed by atoms with Crippen LogP contribution in [0, 0.1) is 0 Å². The summed E-state index contributed by atoms with van der Waals surface area (Å²) in [6.45, 7) is 0. The molecule has 0 unspecified atom stereocenters. The van der Waals surface area contributed by atoms with Gasteiger partial charge in [-0.2, -0.15) is 0 Å². The molecule has 0 fully saturated rings. The van der Waals surface area contributed by atoms with Crippen LogP contribution < -0.4 is 0 Å². The first-order valence-electron chi connectivity index (χ1n) is 0. The van der Waals surface area contributed by atoms with Gasteiger partial charge in [-0.05, 0) is 0 Å². The molecule has 42 valence electrons. The van der Waals surface area contributed by atoms with Crippen LogP contribution in [-0.2, 0) is 75.4 Å². The van der Waals surface area contributed by atoms with Gasteiger partial charge in [0.05, 0.1) is 0 Å². The van der Waals surface area contributed by atoms with Crippen molar-refractivity contribution in [3.63, 3.8) is 0 Å². The second kappa shape index (κ2) is 35.5.